The van der Waals surface area contributed by atoms with Gasteiger partial charge in [-0.25, -0.2) is 9.59 Å². The Morgan fingerprint density at radius 2 is 1.93 bits per heavy atom. The van der Waals surface area contributed by atoms with Crippen molar-refractivity contribution >= 4 is 23.5 Å². The van der Waals surface area contributed by atoms with E-state index in [9.17, 15) is 9.59 Å². The highest BCUT2D eigenvalue weighted by atomic mass is 32.1. The van der Waals surface area contributed by atoms with E-state index in [4.69, 9.17) is 9.47 Å². The molecule has 0 saturated carbocycles. The van der Waals surface area contributed by atoms with E-state index < -0.39 is 17.8 Å². The summed E-state index contributed by atoms with van der Waals surface area (Å²) < 4.78 is 10.5. The normalized spacial score (nSPS) is 12.1. The van der Waals surface area contributed by atoms with Crippen molar-refractivity contribution in [3.05, 3.63) is 52.5 Å². The Hall–Kier alpha value is -2.61. The summed E-state index contributed by atoms with van der Waals surface area (Å²) in [6.07, 6.45) is 2.87. The summed E-state index contributed by atoms with van der Waals surface area (Å²) in [6.45, 7) is 6.18. The molecular weight excluding hydrogens is 390 g/mol. The third-order valence-corrected chi connectivity index (χ3v) is 4.63. The molecule has 0 unspecified atom stereocenters. The first-order chi connectivity index (χ1) is 13.8. The van der Waals surface area contributed by atoms with E-state index in [1.165, 1.54) is 11.3 Å². The zero-order chi connectivity index (χ0) is 21.1. The van der Waals surface area contributed by atoms with Crippen molar-refractivity contribution < 1.29 is 19.1 Å². The second kappa shape index (κ2) is 11.4. The first-order valence-electron chi connectivity index (χ1n) is 9.63. The number of nitrogens with one attached hydrogen (secondary N) is 2. The molecule has 0 aliphatic carbocycles. The van der Waals surface area contributed by atoms with Crippen molar-refractivity contribution in [1.29, 1.82) is 0 Å². The Kier molecular flexibility index (Phi) is 8.92. The number of alkyl carbamates (subject to hydrolysis) is 2. The lowest BCUT2D eigenvalue weighted by atomic mass is 10.0. The van der Waals surface area contributed by atoms with Crippen molar-refractivity contribution in [1.82, 2.24) is 15.6 Å². The van der Waals surface area contributed by atoms with Crippen LogP contribution < -0.4 is 10.6 Å². The number of hydrogen-bond donors (Lipinski definition) is 2. The maximum atomic E-state index is 12.2. The van der Waals surface area contributed by atoms with Crippen LogP contribution in [0, 0.1) is 0 Å². The van der Waals surface area contributed by atoms with Gasteiger partial charge in [0.15, 0.2) is 0 Å². The number of hydrogen-bond acceptors (Lipinski definition) is 6. The van der Waals surface area contributed by atoms with Gasteiger partial charge in [0.25, 0.3) is 0 Å². The van der Waals surface area contributed by atoms with Crippen LogP contribution in [0.2, 0.25) is 0 Å². The molecule has 0 bridgehead atoms. The fourth-order valence-corrected chi connectivity index (χ4v) is 3.14. The van der Waals surface area contributed by atoms with Crippen LogP contribution in [0.1, 0.15) is 44.1 Å². The Labute approximate surface area is 175 Å². The van der Waals surface area contributed by atoms with Gasteiger partial charge in [0.05, 0.1) is 10.4 Å². The number of aromatic nitrogens is 1. The van der Waals surface area contributed by atoms with Crippen LogP contribution in [0.15, 0.2) is 42.0 Å². The minimum Gasteiger partial charge on any atom is -0.444 e. The molecule has 0 fully saturated rings. The average molecular weight is 420 g/mol. The molecule has 2 aromatic rings. The van der Waals surface area contributed by atoms with Gasteiger partial charge >= 0.3 is 12.2 Å². The van der Waals surface area contributed by atoms with Crippen molar-refractivity contribution in [3.63, 3.8) is 0 Å². The van der Waals surface area contributed by atoms with Crippen LogP contribution in [0.25, 0.3) is 0 Å². The minimum atomic E-state index is -0.551. The summed E-state index contributed by atoms with van der Waals surface area (Å²) in [6, 6.07) is 9.86. The van der Waals surface area contributed by atoms with Gasteiger partial charge in [-0.15, -0.1) is 11.3 Å². The second-order valence-electron chi connectivity index (χ2n) is 7.65. The molecule has 7 nitrogen and oxygen atoms in total. The summed E-state index contributed by atoms with van der Waals surface area (Å²) in [4.78, 5) is 28.8. The summed E-state index contributed by atoms with van der Waals surface area (Å²) >= 11 is 1.44. The quantitative estimate of drug-likeness (QED) is 0.592. The average Bonchev–Trinajstić information content (AvgIpc) is 3.16. The van der Waals surface area contributed by atoms with Gasteiger partial charge in [0, 0.05) is 18.8 Å². The predicted octanol–water partition coefficient (Wildman–Crippen LogP) is 4.29. The number of nitrogens with zero attached hydrogens (tertiary/aromatic N) is 1. The first kappa shape index (κ1) is 22.7. The lowest BCUT2D eigenvalue weighted by molar-refractivity contribution is 0.0501. The fraction of sp³-hybridized carbons (Fsp3) is 0.476. The summed E-state index contributed by atoms with van der Waals surface area (Å²) in [5.41, 5.74) is 2.27. The van der Waals surface area contributed by atoms with E-state index >= 15 is 0 Å². The maximum absolute atomic E-state index is 12.2. The van der Waals surface area contributed by atoms with Gasteiger partial charge in [0.1, 0.15) is 12.2 Å². The van der Waals surface area contributed by atoms with E-state index in [1.807, 2.05) is 51.1 Å². The number of ether oxygens (including phenoxy) is 2. The Morgan fingerprint density at radius 3 is 2.59 bits per heavy atom. The minimum absolute atomic E-state index is 0.0951. The summed E-state index contributed by atoms with van der Waals surface area (Å²) in [7, 11) is 0. The van der Waals surface area contributed by atoms with Gasteiger partial charge in [-0.05, 0) is 45.6 Å². The number of carbonyl (C=O) groups excluding carboxylic acids is 2. The molecule has 158 valence electrons. The molecule has 2 N–H and O–H groups in total. The highest BCUT2D eigenvalue weighted by Gasteiger charge is 2.19. The monoisotopic (exact) mass is 419 g/mol. The lowest BCUT2D eigenvalue weighted by Crippen LogP contribution is -2.40. The molecule has 1 aromatic carbocycles. The number of rotatable bonds is 9. The highest BCUT2D eigenvalue weighted by Crippen LogP contribution is 2.11. The van der Waals surface area contributed by atoms with Crippen LogP contribution in [0.3, 0.4) is 0 Å². The van der Waals surface area contributed by atoms with Gasteiger partial charge in [-0.3, -0.25) is 4.98 Å². The molecule has 0 spiro atoms. The molecule has 2 rings (SSSR count). The Morgan fingerprint density at radius 1 is 1.17 bits per heavy atom. The van der Waals surface area contributed by atoms with E-state index in [-0.39, 0.29) is 12.6 Å². The molecule has 0 saturated heterocycles. The lowest BCUT2D eigenvalue weighted by Gasteiger charge is -2.24. The van der Waals surface area contributed by atoms with E-state index in [0.29, 0.717) is 25.8 Å². The molecule has 1 heterocycles. The molecule has 0 aliphatic heterocycles. The highest BCUT2D eigenvalue weighted by molar-refractivity contribution is 7.09. The molecule has 0 aliphatic rings. The molecule has 1 aromatic heterocycles. The van der Waals surface area contributed by atoms with E-state index in [0.717, 1.165) is 10.4 Å². The summed E-state index contributed by atoms with van der Waals surface area (Å²) in [5, 5.41) is 5.68. The van der Waals surface area contributed by atoms with Crippen molar-refractivity contribution in [2.24, 2.45) is 0 Å². The van der Waals surface area contributed by atoms with Crippen LogP contribution in [-0.4, -0.2) is 35.4 Å². The van der Waals surface area contributed by atoms with E-state index in [2.05, 4.69) is 15.6 Å². The van der Waals surface area contributed by atoms with Gasteiger partial charge < -0.3 is 20.1 Å². The zero-order valence-corrected chi connectivity index (χ0v) is 18.0. The topological polar surface area (TPSA) is 89.6 Å². The molecule has 0 radical (unpaired) electrons. The zero-order valence-electron chi connectivity index (χ0n) is 17.1. The fourth-order valence-electron chi connectivity index (χ4n) is 2.64. The number of carbonyl (C=O) groups is 2. The Bertz CT molecular complexity index is 745. The van der Waals surface area contributed by atoms with Crippen LogP contribution in [0.4, 0.5) is 9.59 Å². The SMILES string of the molecule is CC(C)(C)OC(=O)N[C@H](CCCNC(=O)OCc1cncs1)Cc1ccccc1. The third-order valence-electron chi connectivity index (χ3n) is 3.87. The van der Waals surface area contributed by atoms with Gasteiger partial charge in [-0.1, -0.05) is 30.3 Å². The van der Waals surface area contributed by atoms with Crippen LogP contribution in [0.5, 0.6) is 0 Å². The molecule has 8 heteroatoms. The molecule has 29 heavy (non-hydrogen) atoms. The predicted molar refractivity (Wildman–Crippen MR) is 113 cm³/mol. The largest absolute Gasteiger partial charge is 0.444 e. The van der Waals surface area contributed by atoms with Gasteiger partial charge in [0.2, 0.25) is 0 Å². The van der Waals surface area contributed by atoms with Gasteiger partial charge in [-0.2, -0.15) is 0 Å². The van der Waals surface area contributed by atoms with Crippen LogP contribution >= 0.6 is 11.3 Å². The molecular formula is C21H29N3O4S. The maximum Gasteiger partial charge on any atom is 0.407 e. The first-order valence-corrected chi connectivity index (χ1v) is 10.5. The standard InChI is InChI=1S/C21H29N3O4S/c1-21(2,3)28-20(26)24-17(12-16-8-5-4-6-9-16)10-7-11-23-19(25)27-14-18-13-22-15-29-18/h4-6,8-9,13,15,17H,7,10-12,14H2,1-3H3,(H,23,25)(H,24,26)/t17-/m1/s1. The number of amides is 2. The number of benzene rings is 1. The molecule has 2 amide bonds. The third kappa shape index (κ3) is 9.94. The number of thiazole rings is 1. The van der Waals surface area contributed by atoms with Crippen molar-refractivity contribution in [2.75, 3.05) is 6.54 Å². The van der Waals surface area contributed by atoms with Crippen LogP contribution in [-0.2, 0) is 22.5 Å². The second-order valence-corrected chi connectivity index (χ2v) is 8.62. The Balaban J connectivity index is 1.76. The summed E-state index contributed by atoms with van der Waals surface area (Å²) in [5.74, 6) is 0. The smallest absolute Gasteiger partial charge is 0.407 e. The van der Waals surface area contributed by atoms with E-state index in [1.54, 1.807) is 11.7 Å². The van der Waals surface area contributed by atoms with Crippen molar-refractivity contribution in [2.45, 2.75) is 58.3 Å². The molecule has 1 atom stereocenters. The van der Waals surface area contributed by atoms with Crippen molar-refractivity contribution in [3.8, 4) is 0 Å².